The van der Waals surface area contributed by atoms with Crippen molar-refractivity contribution in [1.29, 1.82) is 0 Å². The largest absolute Gasteiger partial charge is 0.397 e. The molecule has 0 aromatic heterocycles. The lowest BCUT2D eigenvalue weighted by molar-refractivity contribution is 1.48. The van der Waals surface area contributed by atoms with Crippen molar-refractivity contribution in [1.82, 2.24) is 0 Å². The summed E-state index contributed by atoms with van der Waals surface area (Å²) in [5, 5.41) is 0. The molecule has 0 atom stereocenters. The van der Waals surface area contributed by atoms with Gasteiger partial charge in [-0.3, -0.25) is 0 Å². The van der Waals surface area contributed by atoms with Gasteiger partial charge in [0, 0.05) is 0 Å². The molecule has 0 bridgehead atoms. The van der Waals surface area contributed by atoms with Gasteiger partial charge >= 0.3 is 0 Å². The van der Waals surface area contributed by atoms with Crippen molar-refractivity contribution in [3.63, 3.8) is 0 Å². The van der Waals surface area contributed by atoms with Gasteiger partial charge in [0.25, 0.3) is 0 Å². The topological polar surface area (TPSA) is 52.0 Å². The molecule has 15 heavy (non-hydrogen) atoms. The van der Waals surface area contributed by atoms with Crippen LogP contribution in [0, 0.1) is 6.92 Å². The molecule has 0 heterocycles. The van der Waals surface area contributed by atoms with Crippen molar-refractivity contribution in [3.05, 3.63) is 60.2 Å². The molecule has 0 aliphatic carbocycles. The van der Waals surface area contributed by atoms with E-state index >= 15 is 0 Å². The third kappa shape index (κ3) is 4.18. The van der Waals surface area contributed by atoms with Crippen molar-refractivity contribution >= 4 is 11.4 Å². The Morgan fingerprint density at radius 1 is 0.667 bits per heavy atom. The molecule has 0 aliphatic rings. The molecule has 0 saturated heterocycles. The summed E-state index contributed by atoms with van der Waals surface area (Å²) in [5.41, 5.74) is 13.4. The zero-order chi connectivity index (χ0) is 11.1. The van der Waals surface area contributed by atoms with E-state index in [1.807, 2.05) is 30.3 Å². The number of para-hydroxylation sites is 2. The summed E-state index contributed by atoms with van der Waals surface area (Å²) in [6.45, 7) is 2.08. The van der Waals surface area contributed by atoms with Gasteiger partial charge in [0.2, 0.25) is 0 Å². The van der Waals surface area contributed by atoms with Gasteiger partial charge in [-0.1, -0.05) is 48.0 Å². The molecule has 78 valence electrons. The summed E-state index contributed by atoms with van der Waals surface area (Å²) in [5.74, 6) is 0. The van der Waals surface area contributed by atoms with Crippen molar-refractivity contribution in [2.75, 3.05) is 11.5 Å². The molecule has 2 aromatic rings. The van der Waals surface area contributed by atoms with E-state index in [1.54, 1.807) is 12.1 Å². The Kier molecular flexibility index (Phi) is 4.23. The highest BCUT2D eigenvalue weighted by molar-refractivity contribution is 5.62. The van der Waals surface area contributed by atoms with Crippen LogP contribution in [-0.2, 0) is 0 Å². The first kappa shape index (κ1) is 11.1. The molecule has 4 N–H and O–H groups in total. The number of hydrogen-bond acceptors (Lipinski definition) is 2. The van der Waals surface area contributed by atoms with Gasteiger partial charge < -0.3 is 11.5 Å². The van der Waals surface area contributed by atoms with E-state index in [9.17, 15) is 0 Å². The average molecular weight is 200 g/mol. The number of hydrogen-bond donors (Lipinski definition) is 2. The number of aryl methyl sites for hydroxylation is 1. The van der Waals surface area contributed by atoms with Crippen LogP contribution in [0.5, 0.6) is 0 Å². The van der Waals surface area contributed by atoms with Gasteiger partial charge in [-0.05, 0) is 19.1 Å². The first-order chi connectivity index (χ1) is 7.20. The normalized spacial score (nSPS) is 8.87. The number of nitrogen functional groups attached to an aromatic ring is 2. The maximum atomic E-state index is 5.39. The maximum absolute atomic E-state index is 5.39. The molecular weight excluding hydrogens is 184 g/mol. The second-order valence-electron chi connectivity index (χ2n) is 3.28. The highest BCUT2D eigenvalue weighted by atomic mass is 14.7. The summed E-state index contributed by atoms with van der Waals surface area (Å²) < 4.78 is 0. The number of benzene rings is 2. The second-order valence-corrected chi connectivity index (χ2v) is 3.28. The zero-order valence-corrected chi connectivity index (χ0v) is 8.85. The van der Waals surface area contributed by atoms with Gasteiger partial charge in [0.1, 0.15) is 0 Å². The fourth-order valence-electron chi connectivity index (χ4n) is 1.05. The van der Waals surface area contributed by atoms with E-state index in [1.165, 1.54) is 5.56 Å². The molecular formula is C13H16N2. The van der Waals surface area contributed by atoms with Crippen LogP contribution < -0.4 is 11.5 Å². The lowest BCUT2D eigenvalue weighted by Crippen LogP contribution is -1.91. The molecule has 0 spiro atoms. The maximum Gasteiger partial charge on any atom is 0.0547 e. The molecule has 0 radical (unpaired) electrons. The summed E-state index contributed by atoms with van der Waals surface area (Å²) in [6, 6.07) is 17.5. The molecule has 0 aliphatic heterocycles. The molecule has 0 fully saturated rings. The Labute approximate surface area is 90.5 Å². The van der Waals surface area contributed by atoms with E-state index in [0.717, 1.165) is 0 Å². The monoisotopic (exact) mass is 200 g/mol. The Balaban J connectivity index is 0.000000151. The summed E-state index contributed by atoms with van der Waals surface area (Å²) in [7, 11) is 0. The molecule has 2 nitrogen and oxygen atoms in total. The van der Waals surface area contributed by atoms with E-state index in [4.69, 9.17) is 11.5 Å². The number of anilines is 2. The van der Waals surface area contributed by atoms with E-state index in [-0.39, 0.29) is 0 Å². The molecule has 2 aromatic carbocycles. The first-order valence-electron chi connectivity index (χ1n) is 4.82. The smallest absolute Gasteiger partial charge is 0.0547 e. The number of nitrogens with two attached hydrogens (primary N) is 2. The predicted molar refractivity (Wildman–Crippen MR) is 66.4 cm³/mol. The molecule has 2 rings (SSSR count). The highest BCUT2D eigenvalue weighted by Gasteiger charge is 1.85. The standard InChI is InChI=1S/C7H8.C6H8N2/c1-7-5-3-2-4-6-7;7-5-3-1-2-4-6(5)8/h2-6H,1H3;1-4H,7-8H2. The van der Waals surface area contributed by atoms with Crippen LogP contribution >= 0.6 is 0 Å². The SMILES string of the molecule is Cc1ccccc1.Nc1ccccc1N. The van der Waals surface area contributed by atoms with Crippen molar-refractivity contribution in [2.24, 2.45) is 0 Å². The molecule has 0 amide bonds. The van der Waals surface area contributed by atoms with Crippen molar-refractivity contribution in [2.45, 2.75) is 6.92 Å². The van der Waals surface area contributed by atoms with Crippen LogP contribution in [0.3, 0.4) is 0 Å². The quantitative estimate of drug-likeness (QED) is 0.642. The molecule has 0 unspecified atom stereocenters. The van der Waals surface area contributed by atoms with Crippen LogP contribution in [0.15, 0.2) is 54.6 Å². The molecule has 0 saturated carbocycles. The minimum Gasteiger partial charge on any atom is -0.397 e. The summed E-state index contributed by atoms with van der Waals surface area (Å²) in [4.78, 5) is 0. The number of rotatable bonds is 0. The summed E-state index contributed by atoms with van der Waals surface area (Å²) in [6.07, 6.45) is 0. The van der Waals surface area contributed by atoms with Crippen LogP contribution in [0.4, 0.5) is 11.4 Å². The van der Waals surface area contributed by atoms with Crippen LogP contribution in [0.2, 0.25) is 0 Å². The van der Waals surface area contributed by atoms with Crippen molar-refractivity contribution in [3.8, 4) is 0 Å². The third-order valence-corrected chi connectivity index (χ3v) is 1.94. The molecule has 2 heteroatoms. The Morgan fingerprint density at radius 3 is 1.33 bits per heavy atom. The van der Waals surface area contributed by atoms with Crippen LogP contribution in [0.1, 0.15) is 5.56 Å². The zero-order valence-electron chi connectivity index (χ0n) is 8.85. The summed E-state index contributed by atoms with van der Waals surface area (Å²) >= 11 is 0. The van der Waals surface area contributed by atoms with E-state index < -0.39 is 0 Å². The van der Waals surface area contributed by atoms with Crippen LogP contribution in [-0.4, -0.2) is 0 Å². The van der Waals surface area contributed by atoms with Gasteiger partial charge in [-0.25, -0.2) is 0 Å². The van der Waals surface area contributed by atoms with Crippen molar-refractivity contribution < 1.29 is 0 Å². The average Bonchev–Trinajstić information content (AvgIpc) is 2.25. The van der Waals surface area contributed by atoms with Gasteiger partial charge in [0.15, 0.2) is 0 Å². The fraction of sp³-hybridized carbons (Fsp3) is 0.0769. The highest BCUT2D eigenvalue weighted by Crippen LogP contribution is 2.10. The Hall–Kier alpha value is -1.96. The van der Waals surface area contributed by atoms with E-state index in [2.05, 4.69) is 19.1 Å². The van der Waals surface area contributed by atoms with Crippen LogP contribution in [0.25, 0.3) is 0 Å². The third-order valence-electron chi connectivity index (χ3n) is 1.94. The fourth-order valence-corrected chi connectivity index (χ4v) is 1.05. The lowest BCUT2D eigenvalue weighted by Gasteiger charge is -1.94. The van der Waals surface area contributed by atoms with Gasteiger partial charge in [-0.15, -0.1) is 0 Å². The Morgan fingerprint density at radius 2 is 1.07 bits per heavy atom. The minimum atomic E-state index is 0.646. The Bertz CT molecular complexity index is 375. The van der Waals surface area contributed by atoms with Gasteiger partial charge in [-0.2, -0.15) is 0 Å². The predicted octanol–water partition coefficient (Wildman–Crippen LogP) is 2.85. The second kappa shape index (κ2) is 5.70. The lowest BCUT2D eigenvalue weighted by atomic mass is 10.2. The minimum absolute atomic E-state index is 0.646. The first-order valence-corrected chi connectivity index (χ1v) is 4.82. The van der Waals surface area contributed by atoms with E-state index in [0.29, 0.717) is 11.4 Å². The van der Waals surface area contributed by atoms with Gasteiger partial charge in [0.05, 0.1) is 11.4 Å².